The summed E-state index contributed by atoms with van der Waals surface area (Å²) in [5.74, 6) is 0.217. The number of hydrogen-bond acceptors (Lipinski definition) is 4. The lowest BCUT2D eigenvalue weighted by atomic mass is 9.94. The van der Waals surface area contributed by atoms with Crippen LogP contribution < -0.4 is 11.3 Å². The Morgan fingerprint density at radius 3 is 2.59 bits per heavy atom. The van der Waals surface area contributed by atoms with Crippen LogP contribution in [0.3, 0.4) is 0 Å². The Hall–Kier alpha value is -2.34. The van der Waals surface area contributed by atoms with Gasteiger partial charge in [0.05, 0.1) is 5.52 Å². The normalized spacial score (nSPS) is 12.3. The highest BCUT2D eigenvalue weighted by Gasteiger charge is 2.17. The average molecular weight is 401 g/mol. The third kappa shape index (κ3) is 3.34. The first-order chi connectivity index (χ1) is 12.5. The molecule has 2 heterocycles. The number of phenolic OH excluding ortho intramolecular Hbond substituents is 1. The average Bonchev–Trinajstić information content (AvgIpc) is 3.07. The van der Waals surface area contributed by atoms with E-state index >= 15 is 0 Å². The molecule has 6 heteroatoms. The van der Waals surface area contributed by atoms with Crippen molar-refractivity contribution in [2.45, 2.75) is 26.3 Å². The van der Waals surface area contributed by atoms with Crippen LogP contribution in [0.4, 0.5) is 0 Å². The number of nitrogens with one attached hydrogen (secondary N) is 1. The number of thiophene rings is 1. The number of aryl methyl sites for hydroxylation is 1. The molecule has 4 rings (SSSR count). The van der Waals surface area contributed by atoms with E-state index < -0.39 is 0 Å². The fraction of sp³-hybridized carbons (Fsp3) is 0.190. The Balaban J connectivity index is 0.00000210. The lowest BCUT2D eigenvalue weighted by Gasteiger charge is -2.14. The van der Waals surface area contributed by atoms with Gasteiger partial charge in [0.15, 0.2) is 0 Å². The molecule has 0 saturated heterocycles. The van der Waals surface area contributed by atoms with E-state index in [-0.39, 0.29) is 29.8 Å². The second kappa shape index (κ2) is 7.35. The molecule has 140 valence electrons. The largest absolute Gasteiger partial charge is 0.507 e. The quantitative estimate of drug-likeness (QED) is 0.465. The number of aromatic amines is 1. The van der Waals surface area contributed by atoms with Crippen molar-refractivity contribution in [1.82, 2.24) is 4.98 Å². The maximum absolute atomic E-state index is 12.4. The van der Waals surface area contributed by atoms with E-state index in [2.05, 4.69) is 4.98 Å². The Bertz CT molecular complexity index is 1180. The molecular formula is C21H21ClN2O2S. The third-order valence-corrected chi connectivity index (χ3v) is 5.60. The summed E-state index contributed by atoms with van der Waals surface area (Å²) in [6.45, 7) is 3.88. The number of phenols is 1. The molecule has 0 amide bonds. The van der Waals surface area contributed by atoms with Crippen LogP contribution in [0.2, 0.25) is 0 Å². The number of benzene rings is 2. The van der Waals surface area contributed by atoms with Gasteiger partial charge in [-0.15, -0.1) is 23.7 Å². The van der Waals surface area contributed by atoms with E-state index in [1.54, 1.807) is 6.07 Å². The predicted molar refractivity (Wildman–Crippen MR) is 116 cm³/mol. The van der Waals surface area contributed by atoms with Crippen molar-refractivity contribution in [2.75, 3.05) is 0 Å². The number of halogens is 1. The number of aromatic hydroxyl groups is 1. The van der Waals surface area contributed by atoms with Crippen molar-refractivity contribution in [1.29, 1.82) is 0 Å². The Labute approximate surface area is 167 Å². The van der Waals surface area contributed by atoms with Crippen molar-refractivity contribution in [3.8, 4) is 16.9 Å². The highest BCUT2D eigenvalue weighted by atomic mass is 35.5. The molecule has 0 saturated carbocycles. The second-order valence-corrected chi connectivity index (χ2v) is 7.75. The molecule has 0 radical (unpaired) electrons. The molecule has 1 atom stereocenters. The number of H-pyrrole nitrogens is 1. The van der Waals surface area contributed by atoms with Gasteiger partial charge in [0.1, 0.15) is 10.4 Å². The first-order valence-electron chi connectivity index (χ1n) is 8.56. The number of hydrogen-bond donors (Lipinski definition) is 3. The van der Waals surface area contributed by atoms with E-state index in [0.29, 0.717) is 4.70 Å². The van der Waals surface area contributed by atoms with Crippen LogP contribution in [0.5, 0.6) is 5.75 Å². The second-order valence-electron chi connectivity index (χ2n) is 6.83. The van der Waals surface area contributed by atoms with Crippen molar-refractivity contribution < 1.29 is 5.11 Å². The van der Waals surface area contributed by atoms with Crippen LogP contribution in [0, 0.1) is 6.92 Å². The highest BCUT2D eigenvalue weighted by Crippen LogP contribution is 2.41. The lowest BCUT2D eigenvalue weighted by Crippen LogP contribution is -2.17. The number of pyridine rings is 1. The van der Waals surface area contributed by atoms with Gasteiger partial charge >= 0.3 is 0 Å². The molecular weight excluding hydrogens is 380 g/mol. The van der Waals surface area contributed by atoms with Gasteiger partial charge in [-0.05, 0) is 54.5 Å². The summed E-state index contributed by atoms with van der Waals surface area (Å²) >= 11 is 1.41. The lowest BCUT2D eigenvalue weighted by molar-refractivity contribution is 0.477. The summed E-state index contributed by atoms with van der Waals surface area (Å²) in [7, 11) is 0. The zero-order valence-electron chi connectivity index (χ0n) is 15.1. The van der Waals surface area contributed by atoms with Crippen LogP contribution >= 0.6 is 23.7 Å². The van der Waals surface area contributed by atoms with E-state index in [9.17, 15) is 9.90 Å². The predicted octanol–water partition coefficient (Wildman–Crippen LogP) is 4.74. The number of fused-ring (bicyclic) bond motifs is 3. The first-order valence-corrected chi connectivity index (χ1v) is 9.44. The number of aromatic nitrogens is 1. The minimum atomic E-state index is -0.0884. The van der Waals surface area contributed by atoms with Crippen LogP contribution in [-0.2, 0) is 6.42 Å². The zero-order chi connectivity index (χ0) is 18.4. The fourth-order valence-electron chi connectivity index (χ4n) is 3.55. The van der Waals surface area contributed by atoms with Crippen molar-refractivity contribution in [2.24, 2.45) is 5.73 Å². The maximum Gasteiger partial charge on any atom is 0.266 e. The van der Waals surface area contributed by atoms with Crippen molar-refractivity contribution in [3.05, 3.63) is 63.3 Å². The summed E-state index contributed by atoms with van der Waals surface area (Å²) in [6, 6.07) is 11.9. The smallest absolute Gasteiger partial charge is 0.266 e. The van der Waals surface area contributed by atoms with Gasteiger partial charge in [0, 0.05) is 22.4 Å². The van der Waals surface area contributed by atoms with Crippen molar-refractivity contribution >= 4 is 44.7 Å². The minimum Gasteiger partial charge on any atom is -0.507 e. The maximum atomic E-state index is 12.4. The van der Waals surface area contributed by atoms with Gasteiger partial charge in [-0.3, -0.25) is 4.79 Å². The third-order valence-electron chi connectivity index (χ3n) is 4.68. The van der Waals surface area contributed by atoms with Gasteiger partial charge in [0.2, 0.25) is 0 Å². The molecule has 27 heavy (non-hydrogen) atoms. The minimum absolute atomic E-state index is 0. The molecule has 0 aliphatic heterocycles. The molecule has 0 fully saturated rings. The first kappa shape index (κ1) is 19.4. The van der Waals surface area contributed by atoms with Crippen LogP contribution in [0.1, 0.15) is 18.1 Å². The van der Waals surface area contributed by atoms with Gasteiger partial charge in [-0.25, -0.2) is 0 Å². The van der Waals surface area contributed by atoms with E-state index in [0.717, 1.165) is 45.0 Å². The molecule has 2 aromatic heterocycles. The van der Waals surface area contributed by atoms with E-state index in [1.165, 1.54) is 11.3 Å². The van der Waals surface area contributed by atoms with E-state index in [1.807, 2.05) is 49.6 Å². The van der Waals surface area contributed by atoms with Gasteiger partial charge in [-0.2, -0.15) is 0 Å². The van der Waals surface area contributed by atoms with Crippen LogP contribution in [0.25, 0.3) is 32.1 Å². The zero-order valence-corrected chi connectivity index (χ0v) is 16.7. The number of rotatable bonds is 3. The van der Waals surface area contributed by atoms with Crippen LogP contribution in [0.15, 0.2) is 46.6 Å². The molecule has 4 aromatic rings. The Kier molecular flexibility index (Phi) is 5.29. The SMILES string of the molecule is Cc1cc(O)c(-c2ccc(CC(C)N)cc2)c2c1[nH]c(=O)c1sccc12.Cl. The molecule has 4 N–H and O–H groups in total. The highest BCUT2D eigenvalue weighted by molar-refractivity contribution is 7.17. The topological polar surface area (TPSA) is 79.1 Å². The Morgan fingerprint density at radius 2 is 1.93 bits per heavy atom. The molecule has 0 aliphatic rings. The molecule has 1 unspecified atom stereocenters. The summed E-state index contributed by atoms with van der Waals surface area (Å²) < 4.78 is 0.678. The molecule has 0 bridgehead atoms. The van der Waals surface area contributed by atoms with Gasteiger partial charge < -0.3 is 15.8 Å². The number of nitrogens with two attached hydrogens (primary N) is 1. The summed E-state index contributed by atoms with van der Waals surface area (Å²) in [4.78, 5) is 15.4. The summed E-state index contributed by atoms with van der Waals surface area (Å²) in [5, 5.41) is 14.4. The van der Waals surface area contributed by atoms with E-state index in [4.69, 9.17) is 5.73 Å². The monoisotopic (exact) mass is 400 g/mol. The molecule has 4 nitrogen and oxygen atoms in total. The molecule has 2 aromatic carbocycles. The molecule has 0 aliphatic carbocycles. The summed E-state index contributed by atoms with van der Waals surface area (Å²) in [6.07, 6.45) is 0.809. The fourth-order valence-corrected chi connectivity index (χ4v) is 4.35. The summed E-state index contributed by atoms with van der Waals surface area (Å²) in [5.41, 5.74) is 10.2. The van der Waals surface area contributed by atoms with Crippen molar-refractivity contribution in [3.63, 3.8) is 0 Å². The van der Waals surface area contributed by atoms with Crippen LogP contribution in [-0.4, -0.2) is 16.1 Å². The molecule has 0 spiro atoms. The van der Waals surface area contributed by atoms with Gasteiger partial charge in [-0.1, -0.05) is 24.3 Å². The Morgan fingerprint density at radius 1 is 1.22 bits per heavy atom. The standard InChI is InChI=1S/C21H20N2O2S.ClH/c1-11-9-16(24)17(14-5-3-13(4-6-14)10-12(2)22)18-15-7-8-26-20(15)21(25)23-19(11)18;/h3-9,12,24H,10,22H2,1-2H3,(H,23,25);1H. The van der Waals surface area contributed by atoms with Gasteiger partial charge in [0.25, 0.3) is 5.56 Å².